The highest BCUT2D eigenvalue weighted by Gasteiger charge is 2.44. The van der Waals surface area contributed by atoms with Gasteiger partial charge in [-0.2, -0.15) is 0 Å². The summed E-state index contributed by atoms with van der Waals surface area (Å²) in [6.07, 6.45) is 4.78. The van der Waals surface area contributed by atoms with Crippen molar-refractivity contribution < 1.29 is 4.74 Å². The number of aromatic nitrogens is 2. The zero-order valence-electron chi connectivity index (χ0n) is 12.9. The summed E-state index contributed by atoms with van der Waals surface area (Å²) in [5.41, 5.74) is 2.38. The normalized spacial score (nSPS) is 27.7. The summed E-state index contributed by atoms with van der Waals surface area (Å²) in [6.45, 7) is 4.70. The van der Waals surface area contributed by atoms with Gasteiger partial charge in [0.05, 0.1) is 18.5 Å². The maximum absolute atomic E-state index is 5.78. The van der Waals surface area contributed by atoms with Crippen LogP contribution in [-0.2, 0) is 4.74 Å². The number of nitrogens with zero attached hydrogens (tertiary/aromatic N) is 3. The van der Waals surface area contributed by atoms with Gasteiger partial charge in [0.25, 0.3) is 0 Å². The van der Waals surface area contributed by atoms with Gasteiger partial charge in [-0.1, -0.05) is 30.3 Å². The predicted octanol–water partition coefficient (Wildman–Crippen LogP) is 2.79. The van der Waals surface area contributed by atoms with Gasteiger partial charge in [0.15, 0.2) is 0 Å². The SMILES string of the molecule is Cc1cncc(N2C[C@H](c3ccccc3)[C@@H]3COCC[C@@H]32)n1. The first-order chi connectivity index (χ1) is 10.8. The van der Waals surface area contributed by atoms with Gasteiger partial charge in [-0.3, -0.25) is 4.98 Å². The molecule has 0 amide bonds. The zero-order valence-corrected chi connectivity index (χ0v) is 12.9. The van der Waals surface area contributed by atoms with Gasteiger partial charge in [-0.25, -0.2) is 4.98 Å². The molecule has 2 aliphatic rings. The molecule has 2 fully saturated rings. The van der Waals surface area contributed by atoms with E-state index in [1.807, 2.05) is 19.3 Å². The molecule has 2 aliphatic heterocycles. The van der Waals surface area contributed by atoms with Gasteiger partial charge in [0, 0.05) is 37.2 Å². The molecule has 3 heterocycles. The van der Waals surface area contributed by atoms with Crippen LogP contribution in [0.2, 0.25) is 0 Å². The molecule has 0 saturated carbocycles. The molecule has 4 nitrogen and oxygen atoms in total. The molecule has 0 aliphatic carbocycles. The van der Waals surface area contributed by atoms with E-state index in [1.54, 1.807) is 0 Å². The van der Waals surface area contributed by atoms with E-state index in [0.29, 0.717) is 17.9 Å². The van der Waals surface area contributed by atoms with Gasteiger partial charge in [0.1, 0.15) is 5.82 Å². The van der Waals surface area contributed by atoms with E-state index in [2.05, 4.69) is 40.2 Å². The second-order valence-electron chi connectivity index (χ2n) is 6.28. The van der Waals surface area contributed by atoms with E-state index in [1.165, 1.54) is 5.56 Å². The lowest BCUT2D eigenvalue weighted by Gasteiger charge is -2.32. The van der Waals surface area contributed by atoms with Crippen molar-refractivity contribution in [3.8, 4) is 0 Å². The predicted molar refractivity (Wildman–Crippen MR) is 86.0 cm³/mol. The number of hydrogen-bond donors (Lipinski definition) is 0. The highest BCUT2D eigenvalue weighted by atomic mass is 16.5. The Labute approximate surface area is 131 Å². The number of aryl methyl sites for hydroxylation is 1. The lowest BCUT2D eigenvalue weighted by atomic mass is 9.84. The smallest absolute Gasteiger partial charge is 0.147 e. The van der Waals surface area contributed by atoms with Crippen LogP contribution < -0.4 is 4.90 Å². The second-order valence-corrected chi connectivity index (χ2v) is 6.28. The van der Waals surface area contributed by atoms with Crippen LogP contribution in [0.5, 0.6) is 0 Å². The Morgan fingerprint density at radius 3 is 2.86 bits per heavy atom. The molecule has 2 saturated heterocycles. The van der Waals surface area contributed by atoms with Crippen molar-refractivity contribution in [2.24, 2.45) is 5.92 Å². The summed E-state index contributed by atoms with van der Waals surface area (Å²) in [6, 6.07) is 11.3. The van der Waals surface area contributed by atoms with Gasteiger partial charge in [0.2, 0.25) is 0 Å². The molecule has 0 bridgehead atoms. The Bertz CT molecular complexity index is 646. The maximum Gasteiger partial charge on any atom is 0.147 e. The molecule has 0 N–H and O–H groups in total. The van der Waals surface area contributed by atoms with Crippen molar-refractivity contribution in [2.45, 2.75) is 25.3 Å². The number of fused-ring (bicyclic) bond motifs is 1. The Balaban J connectivity index is 1.69. The first kappa shape index (κ1) is 13.7. The summed E-state index contributed by atoms with van der Waals surface area (Å²) >= 11 is 0. The molecule has 3 atom stereocenters. The monoisotopic (exact) mass is 295 g/mol. The molecular weight excluding hydrogens is 274 g/mol. The second kappa shape index (κ2) is 5.69. The van der Waals surface area contributed by atoms with E-state index < -0.39 is 0 Å². The van der Waals surface area contributed by atoms with E-state index in [-0.39, 0.29) is 0 Å². The van der Waals surface area contributed by atoms with Crippen molar-refractivity contribution in [3.05, 3.63) is 54.0 Å². The third kappa shape index (κ3) is 2.37. The Morgan fingerprint density at radius 2 is 2.05 bits per heavy atom. The minimum atomic E-state index is 0.508. The molecule has 0 unspecified atom stereocenters. The van der Waals surface area contributed by atoms with Crippen LogP contribution >= 0.6 is 0 Å². The highest BCUT2D eigenvalue weighted by Crippen LogP contribution is 2.42. The lowest BCUT2D eigenvalue weighted by molar-refractivity contribution is 0.0461. The number of hydrogen-bond acceptors (Lipinski definition) is 4. The van der Waals surface area contributed by atoms with Crippen molar-refractivity contribution in [1.29, 1.82) is 0 Å². The molecule has 0 spiro atoms. The first-order valence-electron chi connectivity index (χ1n) is 8.01. The number of anilines is 1. The summed E-state index contributed by atoms with van der Waals surface area (Å²) in [7, 11) is 0. The van der Waals surface area contributed by atoms with Crippen LogP contribution in [0, 0.1) is 12.8 Å². The number of ether oxygens (including phenoxy) is 1. The van der Waals surface area contributed by atoms with Gasteiger partial charge >= 0.3 is 0 Å². The topological polar surface area (TPSA) is 38.2 Å². The fourth-order valence-corrected chi connectivity index (χ4v) is 3.91. The summed E-state index contributed by atoms with van der Waals surface area (Å²) in [4.78, 5) is 11.5. The zero-order chi connectivity index (χ0) is 14.9. The molecule has 22 heavy (non-hydrogen) atoms. The third-order valence-corrected chi connectivity index (χ3v) is 4.94. The van der Waals surface area contributed by atoms with Crippen molar-refractivity contribution in [3.63, 3.8) is 0 Å². The van der Waals surface area contributed by atoms with E-state index in [0.717, 1.165) is 37.7 Å². The fourth-order valence-electron chi connectivity index (χ4n) is 3.91. The quantitative estimate of drug-likeness (QED) is 0.854. The lowest BCUT2D eigenvalue weighted by Crippen LogP contribution is -2.39. The molecule has 0 radical (unpaired) electrons. The van der Waals surface area contributed by atoms with Gasteiger partial charge in [-0.15, -0.1) is 0 Å². The summed E-state index contributed by atoms with van der Waals surface area (Å²) in [5, 5.41) is 0. The Kier molecular flexibility index (Phi) is 3.54. The standard InChI is InChI=1S/C18H21N3O/c1-13-9-19-10-18(20-13)21-11-15(14-5-3-2-4-6-14)16-12-22-8-7-17(16)21/h2-6,9-10,15-17H,7-8,11-12H2,1H3/t15-,16+,17+/m1/s1. The summed E-state index contributed by atoms with van der Waals surface area (Å²) in [5.74, 6) is 2.06. The molecule has 4 heteroatoms. The molecule has 4 rings (SSSR count). The van der Waals surface area contributed by atoms with E-state index >= 15 is 0 Å². The minimum absolute atomic E-state index is 0.508. The first-order valence-corrected chi connectivity index (χ1v) is 8.01. The van der Waals surface area contributed by atoms with Crippen molar-refractivity contribution in [2.75, 3.05) is 24.7 Å². The number of benzene rings is 1. The Morgan fingerprint density at radius 1 is 1.18 bits per heavy atom. The van der Waals surface area contributed by atoms with Crippen molar-refractivity contribution in [1.82, 2.24) is 9.97 Å². The molecular formula is C18H21N3O. The minimum Gasteiger partial charge on any atom is -0.381 e. The van der Waals surface area contributed by atoms with Crippen LogP contribution in [0.4, 0.5) is 5.82 Å². The van der Waals surface area contributed by atoms with E-state index in [9.17, 15) is 0 Å². The fraction of sp³-hybridized carbons (Fsp3) is 0.444. The van der Waals surface area contributed by atoms with Gasteiger partial charge < -0.3 is 9.64 Å². The Hall–Kier alpha value is -1.94. The van der Waals surface area contributed by atoms with Crippen LogP contribution in [0.3, 0.4) is 0 Å². The molecule has 114 valence electrons. The summed E-state index contributed by atoms with van der Waals surface area (Å²) < 4.78 is 5.78. The highest BCUT2D eigenvalue weighted by molar-refractivity contribution is 5.43. The van der Waals surface area contributed by atoms with Crippen LogP contribution in [-0.4, -0.2) is 35.8 Å². The molecule has 2 aromatic rings. The third-order valence-electron chi connectivity index (χ3n) is 4.94. The van der Waals surface area contributed by atoms with Crippen LogP contribution in [0.15, 0.2) is 42.7 Å². The maximum atomic E-state index is 5.78. The van der Waals surface area contributed by atoms with E-state index in [4.69, 9.17) is 9.72 Å². The average Bonchev–Trinajstić information content (AvgIpc) is 2.95. The number of rotatable bonds is 2. The van der Waals surface area contributed by atoms with Gasteiger partial charge in [-0.05, 0) is 18.9 Å². The van der Waals surface area contributed by atoms with Crippen molar-refractivity contribution >= 4 is 5.82 Å². The largest absolute Gasteiger partial charge is 0.381 e. The molecule has 1 aromatic heterocycles. The van der Waals surface area contributed by atoms with Crippen LogP contribution in [0.25, 0.3) is 0 Å². The average molecular weight is 295 g/mol. The van der Waals surface area contributed by atoms with Crippen LogP contribution in [0.1, 0.15) is 23.6 Å². The molecule has 1 aromatic carbocycles.